The van der Waals surface area contributed by atoms with Crippen LogP contribution in [0.25, 0.3) is 0 Å². The van der Waals surface area contributed by atoms with Gasteiger partial charge >= 0.3 is 6.29 Å². The molecule has 0 aliphatic carbocycles. The van der Waals surface area contributed by atoms with Gasteiger partial charge in [-0.3, -0.25) is 0 Å². The second-order valence-electron chi connectivity index (χ2n) is 3.67. The Labute approximate surface area is 93.1 Å². The van der Waals surface area contributed by atoms with Crippen LogP contribution in [0.3, 0.4) is 0 Å². The normalized spacial score (nSPS) is 16.7. The average Bonchev–Trinajstić information content (AvgIpc) is 2.59. The summed E-state index contributed by atoms with van der Waals surface area (Å²) in [6.07, 6.45) is 3.73. The molecule has 5 heteroatoms. The van der Waals surface area contributed by atoms with E-state index in [-0.39, 0.29) is 12.1 Å². The van der Waals surface area contributed by atoms with Crippen molar-refractivity contribution in [3.63, 3.8) is 0 Å². The highest BCUT2D eigenvalue weighted by molar-refractivity contribution is 6.11. The first-order chi connectivity index (χ1) is 7.66. The van der Waals surface area contributed by atoms with E-state index in [0.29, 0.717) is 5.69 Å². The lowest BCUT2D eigenvalue weighted by atomic mass is 10.3. The Bertz CT molecular complexity index is 455. The van der Waals surface area contributed by atoms with E-state index in [1.807, 2.05) is 35.7 Å². The molecule has 0 unspecified atom stereocenters. The van der Waals surface area contributed by atoms with Crippen LogP contribution in [0.5, 0.6) is 0 Å². The van der Waals surface area contributed by atoms with Crippen LogP contribution >= 0.6 is 0 Å². The van der Waals surface area contributed by atoms with Gasteiger partial charge in [0.25, 0.3) is 0 Å². The van der Waals surface area contributed by atoms with Crippen molar-refractivity contribution in [1.82, 2.24) is 0 Å². The van der Waals surface area contributed by atoms with Crippen molar-refractivity contribution >= 4 is 18.1 Å². The Morgan fingerprint density at radius 1 is 1.06 bits per heavy atom. The molecule has 0 fully saturated rings. The summed E-state index contributed by atoms with van der Waals surface area (Å²) < 4.78 is 16.5. The number of rotatable bonds is 2. The lowest BCUT2D eigenvalue weighted by molar-refractivity contribution is -0.737. The molecule has 1 aromatic rings. The summed E-state index contributed by atoms with van der Waals surface area (Å²) in [5, 5.41) is 8.24. The zero-order valence-corrected chi connectivity index (χ0v) is 9.21. The fourth-order valence-corrected chi connectivity index (χ4v) is 1.44. The van der Waals surface area contributed by atoms with Gasteiger partial charge in [0.05, 0.1) is 5.69 Å². The van der Waals surface area contributed by atoms with Crippen molar-refractivity contribution in [2.24, 2.45) is 10.2 Å². The number of hydrogen-bond acceptors (Lipinski definition) is 2. The second-order valence-corrected chi connectivity index (χ2v) is 3.67. The van der Waals surface area contributed by atoms with Crippen molar-refractivity contribution in [3.05, 3.63) is 30.1 Å². The van der Waals surface area contributed by atoms with Gasteiger partial charge in [-0.25, -0.2) is 4.39 Å². The Morgan fingerprint density at radius 2 is 1.62 bits per heavy atom. The number of hydrogen-bond donors (Lipinski definition) is 0. The van der Waals surface area contributed by atoms with Gasteiger partial charge in [-0.2, -0.15) is 0 Å². The van der Waals surface area contributed by atoms with Gasteiger partial charge in [0.1, 0.15) is 19.9 Å². The number of benzene rings is 1. The largest absolute Gasteiger partial charge is 0.464 e. The Balaban J connectivity index is 2.13. The minimum absolute atomic E-state index is 0.120. The summed E-state index contributed by atoms with van der Waals surface area (Å²) >= 11 is 0. The van der Waals surface area contributed by atoms with Gasteiger partial charge in [0.15, 0.2) is 0 Å². The third-order valence-electron chi connectivity index (χ3n) is 2.37. The minimum Gasteiger partial charge on any atom is -0.207 e. The molecule has 1 aliphatic heterocycles. The molecule has 0 spiro atoms. The van der Waals surface area contributed by atoms with E-state index in [1.165, 1.54) is 12.1 Å². The van der Waals surface area contributed by atoms with E-state index in [4.69, 9.17) is 0 Å². The molecule has 1 aromatic carbocycles. The van der Waals surface area contributed by atoms with Crippen LogP contribution in [0, 0.1) is 5.82 Å². The summed E-state index contributed by atoms with van der Waals surface area (Å²) in [5.41, 5.74) is 0.648. The van der Waals surface area contributed by atoms with E-state index >= 15 is 0 Å². The van der Waals surface area contributed by atoms with Gasteiger partial charge in [-0.05, 0) is 29.4 Å². The molecular formula is C11H13FN4+2. The monoisotopic (exact) mass is 220 g/mol. The molecule has 0 N–H and O–H groups in total. The first kappa shape index (κ1) is 10.6. The molecule has 1 aliphatic rings. The zero-order valence-electron chi connectivity index (χ0n) is 9.21. The standard InChI is InChI=1S/C11H13FN4/c1-15-7-8-16(2)11(15)14-13-10-5-3-9(12)4-6-10/h3-8,11H,1-2H3/q+2. The maximum absolute atomic E-state index is 12.7. The van der Waals surface area contributed by atoms with Gasteiger partial charge in [-0.1, -0.05) is 0 Å². The molecule has 0 radical (unpaired) electrons. The van der Waals surface area contributed by atoms with Gasteiger partial charge in [0.2, 0.25) is 12.4 Å². The highest BCUT2D eigenvalue weighted by atomic mass is 19.1. The molecule has 0 amide bonds. The average molecular weight is 220 g/mol. The topological polar surface area (TPSA) is 30.7 Å². The van der Waals surface area contributed by atoms with Crippen LogP contribution in [0.1, 0.15) is 0 Å². The maximum Gasteiger partial charge on any atom is 0.464 e. The molecular weight excluding hydrogens is 207 g/mol. The maximum atomic E-state index is 12.7. The predicted molar refractivity (Wildman–Crippen MR) is 59.2 cm³/mol. The molecule has 4 nitrogen and oxygen atoms in total. The van der Waals surface area contributed by atoms with E-state index in [9.17, 15) is 4.39 Å². The quantitative estimate of drug-likeness (QED) is 0.536. The first-order valence-electron chi connectivity index (χ1n) is 4.95. The van der Waals surface area contributed by atoms with Crippen molar-refractivity contribution in [2.45, 2.75) is 6.29 Å². The molecule has 0 atom stereocenters. The lowest BCUT2D eigenvalue weighted by Crippen LogP contribution is -2.25. The highest BCUT2D eigenvalue weighted by Crippen LogP contribution is 2.13. The van der Waals surface area contributed by atoms with E-state index in [1.54, 1.807) is 12.1 Å². The number of azo groups is 1. The molecule has 1 heterocycles. The molecule has 0 aromatic heterocycles. The second kappa shape index (κ2) is 4.30. The van der Waals surface area contributed by atoms with Crippen molar-refractivity contribution < 1.29 is 13.5 Å². The molecule has 0 saturated heterocycles. The summed E-state index contributed by atoms with van der Waals surface area (Å²) in [7, 11) is 3.85. The molecule has 0 bridgehead atoms. The fourth-order valence-electron chi connectivity index (χ4n) is 1.44. The Kier molecular flexibility index (Phi) is 2.85. The van der Waals surface area contributed by atoms with Crippen LogP contribution in [-0.4, -0.2) is 42.0 Å². The van der Waals surface area contributed by atoms with E-state index in [0.717, 1.165) is 0 Å². The molecule has 0 saturated carbocycles. The predicted octanol–water partition coefficient (Wildman–Crippen LogP) is 1.63. The molecule has 2 rings (SSSR count). The summed E-state index contributed by atoms with van der Waals surface area (Å²) in [6, 6.07) is 5.94. The smallest absolute Gasteiger partial charge is 0.207 e. The van der Waals surface area contributed by atoms with Crippen molar-refractivity contribution in [1.29, 1.82) is 0 Å². The number of nitrogens with zero attached hydrogens (tertiary/aromatic N) is 4. The van der Waals surface area contributed by atoms with Crippen molar-refractivity contribution in [2.75, 3.05) is 14.1 Å². The summed E-state index contributed by atoms with van der Waals surface area (Å²) in [4.78, 5) is 0. The van der Waals surface area contributed by atoms with Crippen LogP contribution in [0.15, 0.2) is 34.5 Å². The first-order valence-corrected chi connectivity index (χ1v) is 4.95. The van der Waals surface area contributed by atoms with Gasteiger partial charge in [-0.15, -0.1) is 14.3 Å². The van der Waals surface area contributed by atoms with E-state index in [2.05, 4.69) is 10.2 Å². The molecule has 16 heavy (non-hydrogen) atoms. The summed E-state index contributed by atoms with van der Waals surface area (Å²) in [5.74, 6) is -0.268. The van der Waals surface area contributed by atoms with Crippen LogP contribution in [0.4, 0.5) is 10.1 Å². The third-order valence-corrected chi connectivity index (χ3v) is 2.37. The van der Waals surface area contributed by atoms with Gasteiger partial charge in [0, 0.05) is 0 Å². The van der Waals surface area contributed by atoms with Crippen molar-refractivity contribution in [3.8, 4) is 0 Å². The fraction of sp³-hybridized carbons (Fsp3) is 0.273. The Hall–Kier alpha value is -1.91. The molecule has 82 valence electrons. The zero-order chi connectivity index (χ0) is 11.5. The van der Waals surface area contributed by atoms with Crippen LogP contribution < -0.4 is 0 Å². The summed E-state index contributed by atoms with van der Waals surface area (Å²) in [6.45, 7) is 0. The Morgan fingerprint density at radius 3 is 2.19 bits per heavy atom. The third kappa shape index (κ3) is 2.18. The van der Waals surface area contributed by atoms with Crippen LogP contribution in [0.2, 0.25) is 0 Å². The van der Waals surface area contributed by atoms with E-state index < -0.39 is 0 Å². The highest BCUT2D eigenvalue weighted by Gasteiger charge is 2.29. The lowest BCUT2D eigenvalue weighted by Gasteiger charge is -1.97. The number of halogens is 1. The minimum atomic E-state index is -0.268. The van der Waals surface area contributed by atoms with Gasteiger partial charge < -0.3 is 0 Å². The SMILES string of the molecule is C[N+]1=CC=[N+](C)C1N=Nc1ccc(F)cc1. The van der Waals surface area contributed by atoms with Crippen LogP contribution in [-0.2, 0) is 0 Å².